The third-order valence-corrected chi connectivity index (χ3v) is 4.31. The molecule has 1 amide bonds. The number of fused-ring (bicyclic) bond motifs is 1. The predicted molar refractivity (Wildman–Crippen MR) is 107 cm³/mol. The molecule has 0 aliphatic heterocycles. The average molecular weight is 436 g/mol. The molecule has 0 aliphatic carbocycles. The Hall–Kier alpha value is -2.88. The number of nitrogens with one attached hydrogen (secondary N) is 3. The maximum Gasteiger partial charge on any atom is 0.405 e. The largest absolute Gasteiger partial charge is 0.405 e. The fourth-order valence-corrected chi connectivity index (χ4v) is 2.79. The first-order chi connectivity index (χ1) is 13.5. The van der Waals surface area contributed by atoms with Gasteiger partial charge in [0.05, 0.1) is 6.20 Å². The molecule has 0 spiro atoms. The van der Waals surface area contributed by atoms with Crippen LogP contribution >= 0.6 is 11.6 Å². The van der Waals surface area contributed by atoms with Gasteiger partial charge in [0, 0.05) is 32.0 Å². The number of aromatic nitrogens is 3. The van der Waals surface area contributed by atoms with Crippen LogP contribution in [0.15, 0.2) is 30.6 Å². The van der Waals surface area contributed by atoms with Gasteiger partial charge in [-0.25, -0.2) is 14.4 Å². The zero-order valence-electron chi connectivity index (χ0n) is 15.3. The van der Waals surface area contributed by atoms with Gasteiger partial charge in [-0.3, -0.25) is 4.79 Å². The Bertz CT molecular complexity index is 1080. The lowest BCUT2D eigenvalue weighted by molar-refractivity contribution is -0.140. The van der Waals surface area contributed by atoms with Gasteiger partial charge < -0.3 is 15.6 Å². The van der Waals surface area contributed by atoms with Crippen LogP contribution in [0, 0.1) is 5.82 Å². The van der Waals surface area contributed by atoms with Crippen molar-refractivity contribution in [1.82, 2.24) is 20.3 Å². The summed E-state index contributed by atoms with van der Waals surface area (Å²) >= 11 is 6.02. The van der Waals surface area contributed by atoms with Crippen molar-refractivity contribution >= 4 is 34.2 Å². The number of anilines is 1. The van der Waals surface area contributed by atoms with Crippen molar-refractivity contribution in [3.63, 3.8) is 0 Å². The number of halogens is 5. The summed E-state index contributed by atoms with van der Waals surface area (Å²) in [6, 6.07) is 5.15. The number of carbonyl (C=O) groups excluding carboxylic acids is 1. The number of amides is 1. The second kappa shape index (κ2) is 7.51. The quantitative estimate of drug-likeness (QED) is 0.491. The number of alkyl halides is 3. The maximum atomic E-state index is 14.2. The molecular weight excluding hydrogens is 414 g/mol. The Kier molecular flexibility index (Phi) is 5.40. The molecule has 3 N–H and O–H groups in total. The molecular formula is C18H22ClF4N5O. The highest BCUT2D eigenvalue weighted by molar-refractivity contribution is 6.31. The number of H-pyrrole nitrogens is 1. The van der Waals surface area contributed by atoms with Gasteiger partial charge in [-0.2, -0.15) is 13.2 Å². The van der Waals surface area contributed by atoms with Gasteiger partial charge in [-0.1, -0.05) is 11.6 Å². The fourth-order valence-electron chi connectivity index (χ4n) is 2.62. The molecule has 2 aromatic heterocycles. The van der Waals surface area contributed by atoms with E-state index in [4.69, 9.17) is 11.6 Å². The number of nitrogens with zero attached hydrogens (tertiary/aromatic N) is 2. The van der Waals surface area contributed by atoms with Crippen LogP contribution in [0.25, 0.3) is 22.3 Å². The van der Waals surface area contributed by atoms with E-state index in [1.807, 2.05) is 0 Å². The van der Waals surface area contributed by atoms with E-state index in [2.05, 4.69) is 20.3 Å². The lowest BCUT2D eigenvalue weighted by atomic mass is 10.0. The van der Waals surface area contributed by atoms with E-state index in [-0.39, 0.29) is 15.9 Å². The second-order valence-electron chi connectivity index (χ2n) is 6.83. The van der Waals surface area contributed by atoms with Crippen LogP contribution in [0.3, 0.4) is 0 Å². The summed E-state index contributed by atoms with van der Waals surface area (Å²) < 4.78 is 51.2. The fraction of sp³-hybridized carbons (Fsp3) is 0.278. The van der Waals surface area contributed by atoms with Crippen molar-refractivity contribution in [1.29, 1.82) is 0 Å². The standard InChI is InChI=1S/C18H16ClF4N5O.3H2/c1-17(2,16(29)26-8-18(21,22)23)28-15-12(20)7-25-14(27-15)11-6-24-13-4-3-9(19)5-10(11)13;;;/h3-7,24H,8H2,1-2H3,(H,26,29)(H,25,27,28);3*1H. The Balaban J connectivity index is 0.00000320. The smallest absolute Gasteiger partial charge is 0.360 e. The molecule has 3 aromatic rings. The van der Waals surface area contributed by atoms with Crippen LogP contribution in [0.5, 0.6) is 0 Å². The third kappa shape index (κ3) is 4.76. The van der Waals surface area contributed by atoms with Crippen molar-refractivity contribution in [2.45, 2.75) is 25.6 Å². The summed E-state index contributed by atoms with van der Waals surface area (Å²) in [5.41, 5.74) is -0.259. The van der Waals surface area contributed by atoms with Crippen molar-refractivity contribution in [3.8, 4) is 11.4 Å². The van der Waals surface area contributed by atoms with Crippen LogP contribution in [-0.4, -0.2) is 39.1 Å². The molecule has 6 nitrogen and oxygen atoms in total. The van der Waals surface area contributed by atoms with E-state index in [0.29, 0.717) is 16.0 Å². The molecule has 2 heterocycles. The Morgan fingerprint density at radius 1 is 1.31 bits per heavy atom. The van der Waals surface area contributed by atoms with Crippen LogP contribution in [-0.2, 0) is 4.79 Å². The van der Waals surface area contributed by atoms with Gasteiger partial charge in [0.1, 0.15) is 12.1 Å². The molecule has 0 saturated heterocycles. The first-order valence-electron chi connectivity index (χ1n) is 8.39. The molecule has 0 radical (unpaired) electrons. The molecule has 0 aliphatic rings. The molecule has 0 saturated carbocycles. The summed E-state index contributed by atoms with van der Waals surface area (Å²) in [4.78, 5) is 23.2. The van der Waals surface area contributed by atoms with Gasteiger partial charge in [0.25, 0.3) is 0 Å². The number of hydrogen-bond donors (Lipinski definition) is 3. The number of rotatable bonds is 5. The van der Waals surface area contributed by atoms with Gasteiger partial charge in [-0.15, -0.1) is 0 Å². The van der Waals surface area contributed by atoms with E-state index in [1.54, 1.807) is 29.7 Å². The molecule has 1 aromatic carbocycles. The van der Waals surface area contributed by atoms with E-state index >= 15 is 0 Å². The first-order valence-corrected chi connectivity index (χ1v) is 8.77. The summed E-state index contributed by atoms with van der Waals surface area (Å²) in [6.45, 7) is 1.13. The summed E-state index contributed by atoms with van der Waals surface area (Å²) in [7, 11) is 0. The highest BCUT2D eigenvalue weighted by atomic mass is 35.5. The molecule has 0 atom stereocenters. The Labute approximate surface area is 172 Å². The number of aromatic amines is 1. The van der Waals surface area contributed by atoms with Crippen molar-refractivity contribution in [2.75, 3.05) is 11.9 Å². The lowest BCUT2D eigenvalue weighted by Crippen LogP contribution is -2.50. The lowest BCUT2D eigenvalue weighted by Gasteiger charge is -2.26. The monoisotopic (exact) mass is 435 g/mol. The van der Waals surface area contributed by atoms with E-state index in [0.717, 1.165) is 11.7 Å². The van der Waals surface area contributed by atoms with Crippen LogP contribution < -0.4 is 10.6 Å². The van der Waals surface area contributed by atoms with Crippen LogP contribution in [0.2, 0.25) is 5.02 Å². The van der Waals surface area contributed by atoms with Gasteiger partial charge in [0.15, 0.2) is 17.5 Å². The van der Waals surface area contributed by atoms with Crippen LogP contribution in [0.4, 0.5) is 23.4 Å². The van der Waals surface area contributed by atoms with Crippen molar-refractivity contribution in [3.05, 3.63) is 41.4 Å². The molecule has 0 fully saturated rings. The molecule has 0 unspecified atom stereocenters. The normalized spacial score (nSPS) is 12.2. The predicted octanol–water partition coefficient (Wildman–Crippen LogP) is 5.02. The first kappa shape index (κ1) is 20.8. The summed E-state index contributed by atoms with van der Waals surface area (Å²) in [5, 5.41) is 5.50. The average Bonchev–Trinajstić information content (AvgIpc) is 3.03. The molecule has 11 heteroatoms. The molecule has 0 bridgehead atoms. The number of carbonyl (C=O) groups is 1. The SMILES string of the molecule is CC(C)(Nc1nc(-c2c[nH]c3ccc(Cl)cc23)ncc1F)C(=O)NCC(F)(F)F.[HH].[HH].[HH]. The van der Waals surface area contributed by atoms with E-state index in [1.165, 1.54) is 13.8 Å². The Morgan fingerprint density at radius 3 is 2.72 bits per heavy atom. The minimum absolute atomic E-state index is 0. The zero-order chi connectivity index (χ0) is 21.4. The van der Waals surface area contributed by atoms with Crippen molar-refractivity contribution in [2.24, 2.45) is 0 Å². The minimum atomic E-state index is -4.56. The number of benzene rings is 1. The molecule has 160 valence electrons. The summed E-state index contributed by atoms with van der Waals surface area (Å²) in [6.07, 6.45) is -2.02. The van der Waals surface area contributed by atoms with E-state index in [9.17, 15) is 22.4 Å². The summed E-state index contributed by atoms with van der Waals surface area (Å²) in [5.74, 6) is -2.00. The topological polar surface area (TPSA) is 82.7 Å². The van der Waals surface area contributed by atoms with Gasteiger partial charge in [-0.05, 0) is 32.0 Å². The highest BCUT2D eigenvalue weighted by Crippen LogP contribution is 2.30. The maximum absolute atomic E-state index is 14.2. The van der Waals surface area contributed by atoms with Gasteiger partial charge in [0.2, 0.25) is 5.91 Å². The Morgan fingerprint density at radius 2 is 2.03 bits per heavy atom. The zero-order valence-corrected chi connectivity index (χ0v) is 16.0. The molecule has 3 rings (SSSR count). The minimum Gasteiger partial charge on any atom is -0.360 e. The van der Waals surface area contributed by atoms with Crippen molar-refractivity contribution < 1.29 is 26.6 Å². The van der Waals surface area contributed by atoms with Gasteiger partial charge >= 0.3 is 6.18 Å². The van der Waals surface area contributed by atoms with Crippen LogP contribution in [0.1, 0.15) is 18.1 Å². The highest BCUT2D eigenvalue weighted by Gasteiger charge is 2.34. The third-order valence-electron chi connectivity index (χ3n) is 4.08. The van der Waals surface area contributed by atoms with E-state index < -0.39 is 30.0 Å². The second-order valence-corrected chi connectivity index (χ2v) is 7.27. The molecule has 29 heavy (non-hydrogen) atoms. The number of hydrogen-bond acceptors (Lipinski definition) is 4.